The van der Waals surface area contributed by atoms with Gasteiger partial charge in [-0.15, -0.1) is 0 Å². The number of rotatable bonds is 6. The van der Waals surface area contributed by atoms with Gasteiger partial charge in [0.1, 0.15) is 34.8 Å². The monoisotopic (exact) mass is 456 g/mol. The van der Waals surface area contributed by atoms with Crippen molar-refractivity contribution in [1.82, 2.24) is 19.5 Å². The molecule has 0 amide bonds. The summed E-state index contributed by atoms with van der Waals surface area (Å²) < 4.78 is 48.6. The van der Waals surface area contributed by atoms with E-state index in [2.05, 4.69) is 15.0 Å². The number of ether oxygens (including phenoxy) is 2. The lowest BCUT2D eigenvalue weighted by Crippen LogP contribution is -2.30. The van der Waals surface area contributed by atoms with Crippen LogP contribution in [0.2, 0.25) is 0 Å². The number of nitrogens with zero attached hydrogens (tertiary/aromatic N) is 4. The fraction of sp³-hybridized carbons (Fsp3) is 0.421. The predicted octanol–water partition coefficient (Wildman–Crippen LogP) is 2.70. The largest absolute Gasteiger partial charge is 0.484 e. The van der Waals surface area contributed by atoms with Crippen LogP contribution in [0.1, 0.15) is 18.7 Å². The molecule has 0 bridgehead atoms. The Labute approximate surface area is 179 Å². The maximum absolute atomic E-state index is 12.2. The van der Waals surface area contributed by atoms with E-state index in [1.54, 1.807) is 23.6 Å². The number of fused-ring (bicyclic) bond motifs is 1. The Morgan fingerprint density at radius 3 is 2.52 bits per heavy atom. The van der Waals surface area contributed by atoms with Gasteiger partial charge >= 0.3 is 6.18 Å². The van der Waals surface area contributed by atoms with Gasteiger partial charge < -0.3 is 19.7 Å². The molecule has 0 spiro atoms. The average Bonchev–Trinajstić information content (AvgIpc) is 3.27. The Kier molecular flexibility index (Phi) is 6.06. The molecule has 1 fully saturated rings. The lowest BCUT2D eigenvalue weighted by atomic mass is 10.1. The summed E-state index contributed by atoms with van der Waals surface area (Å²) in [5, 5.41) is 20.8. The van der Waals surface area contributed by atoms with Crippen LogP contribution in [0, 0.1) is 0 Å². The third kappa shape index (κ3) is 4.76. The molecule has 1 saturated heterocycles. The van der Waals surface area contributed by atoms with Gasteiger partial charge in [-0.3, -0.25) is 4.57 Å². The van der Waals surface area contributed by atoms with E-state index in [1.807, 2.05) is 0 Å². The number of imidazole rings is 1. The van der Waals surface area contributed by atoms with E-state index < -0.39 is 37.3 Å². The molecule has 1 aliphatic heterocycles. The van der Waals surface area contributed by atoms with Gasteiger partial charge in [-0.05, 0) is 24.6 Å². The molecular formula is C19H19F3N4O4S. The first-order chi connectivity index (χ1) is 14.7. The number of aliphatic hydroxyl groups is 2. The third-order valence-corrected chi connectivity index (χ3v) is 5.83. The van der Waals surface area contributed by atoms with Gasteiger partial charge in [-0.2, -0.15) is 13.2 Å². The number of aliphatic hydroxyl groups excluding tert-OH is 2. The van der Waals surface area contributed by atoms with Gasteiger partial charge in [0.2, 0.25) is 0 Å². The first kappa shape index (κ1) is 21.8. The molecule has 1 aromatic carbocycles. The van der Waals surface area contributed by atoms with Crippen molar-refractivity contribution in [3.05, 3.63) is 42.5 Å². The third-order valence-electron chi connectivity index (χ3n) is 4.78. The number of benzene rings is 1. The fourth-order valence-electron chi connectivity index (χ4n) is 3.18. The van der Waals surface area contributed by atoms with E-state index in [0.717, 1.165) is 5.56 Å². The molecule has 0 saturated carbocycles. The second-order valence-corrected chi connectivity index (χ2v) is 8.02. The highest BCUT2D eigenvalue weighted by molar-refractivity contribution is 7.98. The molecule has 0 aliphatic carbocycles. The summed E-state index contributed by atoms with van der Waals surface area (Å²) in [4.78, 5) is 12.8. The van der Waals surface area contributed by atoms with E-state index in [1.165, 1.54) is 36.5 Å². The van der Waals surface area contributed by atoms with Crippen molar-refractivity contribution in [2.45, 2.75) is 48.4 Å². The predicted molar refractivity (Wildman–Crippen MR) is 104 cm³/mol. The van der Waals surface area contributed by atoms with Crippen molar-refractivity contribution in [3.8, 4) is 5.75 Å². The molecule has 0 radical (unpaired) electrons. The zero-order valence-electron chi connectivity index (χ0n) is 16.2. The van der Waals surface area contributed by atoms with E-state index in [0.29, 0.717) is 21.9 Å². The molecule has 166 valence electrons. The van der Waals surface area contributed by atoms with Gasteiger partial charge in [-0.1, -0.05) is 23.9 Å². The Morgan fingerprint density at radius 1 is 1.13 bits per heavy atom. The number of hydrogen-bond acceptors (Lipinski definition) is 8. The first-order valence-electron chi connectivity index (χ1n) is 9.33. The maximum atomic E-state index is 12.2. The fourth-order valence-corrected chi connectivity index (χ4v) is 4.08. The standard InChI is InChI=1S/C19H19F3N4O4S/c1-10-14(27)15(28)18(30-10)26-9-25-13-16(26)23-8-24-17(13)31-6-11-2-4-12(5-3-11)29-7-19(20,21)22/h2-5,8-10,14-15,18,27-28H,6-7H2,1H3/t10-,14-,15-,18-/m1/s1. The van der Waals surface area contributed by atoms with Gasteiger partial charge in [0.25, 0.3) is 0 Å². The first-order valence-corrected chi connectivity index (χ1v) is 10.3. The Bertz CT molecular complexity index is 1050. The van der Waals surface area contributed by atoms with E-state index in [9.17, 15) is 23.4 Å². The highest BCUT2D eigenvalue weighted by Crippen LogP contribution is 2.33. The van der Waals surface area contributed by atoms with Crippen molar-refractivity contribution < 1.29 is 32.9 Å². The summed E-state index contributed by atoms with van der Waals surface area (Å²) in [5.41, 5.74) is 1.84. The van der Waals surface area contributed by atoms with Gasteiger partial charge in [0, 0.05) is 5.75 Å². The Hall–Kier alpha value is -2.41. The molecule has 3 heterocycles. The molecule has 2 aromatic heterocycles. The smallest absolute Gasteiger partial charge is 0.422 e. The molecule has 1 aliphatic rings. The van der Waals surface area contributed by atoms with Crippen LogP contribution in [0.3, 0.4) is 0 Å². The van der Waals surface area contributed by atoms with Crippen LogP contribution in [-0.4, -0.2) is 60.8 Å². The molecule has 4 atom stereocenters. The van der Waals surface area contributed by atoms with Crippen LogP contribution in [0.25, 0.3) is 11.2 Å². The second kappa shape index (κ2) is 8.61. The molecule has 2 N–H and O–H groups in total. The summed E-state index contributed by atoms with van der Waals surface area (Å²) in [6, 6.07) is 6.33. The van der Waals surface area contributed by atoms with Crippen molar-refractivity contribution in [1.29, 1.82) is 0 Å². The molecule has 12 heteroatoms. The average molecular weight is 456 g/mol. The van der Waals surface area contributed by atoms with E-state index >= 15 is 0 Å². The SMILES string of the molecule is C[C@H]1O[C@@H](n2cnc3c(SCc4ccc(OCC(F)(F)F)cc4)ncnc32)[C@H](O)[C@@H]1O. The lowest BCUT2D eigenvalue weighted by Gasteiger charge is -2.16. The molecular weight excluding hydrogens is 437 g/mol. The van der Waals surface area contributed by atoms with Crippen LogP contribution in [0.15, 0.2) is 41.9 Å². The summed E-state index contributed by atoms with van der Waals surface area (Å²) >= 11 is 1.38. The van der Waals surface area contributed by atoms with Crippen molar-refractivity contribution in [2.24, 2.45) is 0 Å². The summed E-state index contributed by atoms with van der Waals surface area (Å²) in [6.07, 6.45) is -5.00. The van der Waals surface area contributed by atoms with E-state index in [-0.39, 0.29) is 5.75 Å². The number of aromatic nitrogens is 4. The van der Waals surface area contributed by atoms with Crippen molar-refractivity contribution in [2.75, 3.05) is 6.61 Å². The number of halogens is 3. The van der Waals surface area contributed by atoms with Crippen molar-refractivity contribution in [3.63, 3.8) is 0 Å². The second-order valence-electron chi connectivity index (χ2n) is 7.05. The topological polar surface area (TPSA) is 103 Å². The van der Waals surface area contributed by atoms with Gasteiger partial charge in [0.05, 0.1) is 12.4 Å². The minimum absolute atomic E-state index is 0.140. The van der Waals surface area contributed by atoms with Crippen LogP contribution >= 0.6 is 11.8 Å². The van der Waals surface area contributed by atoms with Gasteiger partial charge in [-0.25, -0.2) is 15.0 Å². The summed E-state index contributed by atoms with van der Waals surface area (Å²) in [5.74, 6) is 0.636. The lowest BCUT2D eigenvalue weighted by molar-refractivity contribution is -0.153. The quantitative estimate of drug-likeness (QED) is 0.431. The van der Waals surface area contributed by atoms with Crippen LogP contribution in [-0.2, 0) is 10.5 Å². The van der Waals surface area contributed by atoms with Crippen LogP contribution in [0.5, 0.6) is 5.75 Å². The van der Waals surface area contributed by atoms with Gasteiger partial charge in [0.15, 0.2) is 18.5 Å². The minimum atomic E-state index is -4.38. The number of thioether (sulfide) groups is 1. The minimum Gasteiger partial charge on any atom is -0.484 e. The van der Waals surface area contributed by atoms with Crippen LogP contribution < -0.4 is 4.74 Å². The molecule has 4 rings (SSSR count). The van der Waals surface area contributed by atoms with E-state index in [4.69, 9.17) is 9.47 Å². The van der Waals surface area contributed by atoms with Crippen LogP contribution in [0.4, 0.5) is 13.2 Å². The highest BCUT2D eigenvalue weighted by atomic mass is 32.2. The zero-order valence-corrected chi connectivity index (χ0v) is 17.0. The molecule has 0 unspecified atom stereocenters. The van der Waals surface area contributed by atoms with Crippen molar-refractivity contribution >= 4 is 22.9 Å². The highest BCUT2D eigenvalue weighted by Gasteiger charge is 2.42. The molecule has 3 aromatic rings. The number of hydrogen-bond donors (Lipinski definition) is 2. The Balaban J connectivity index is 1.46. The zero-order chi connectivity index (χ0) is 22.2. The normalized spacial score (nSPS) is 24.1. The molecule has 8 nitrogen and oxygen atoms in total. The maximum Gasteiger partial charge on any atom is 0.422 e. The molecule has 31 heavy (non-hydrogen) atoms. The summed E-state index contributed by atoms with van der Waals surface area (Å²) in [6.45, 7) is 0.334. The summed E-state index contributed by atoms with van der Waals surface area (Å²) in [7, 11) is 0. The number of alkyl halides is 3. The Morgan fingerprint density at radius 2 is 1.87 bits per heavy atom.